The number of benzene rings is 1. The molecule has 0 aliphatic carbocycles. The second kappa shape index (κ2) is 5.85. The van der Waals surface area contributed by atoms with E-state index in [2.05, 4.69) is 42.0 Å². The lowest BCUT2D eigenvalue weighted by atomic mass is 10.0. The lowest BCUT2D eigenvalue weighted by Crippen LogP contribution is -2.29. The highest BCUT2D eigenvalue weighted by Gasteiger charge is 2.17. The summed E-state index contributed by atoms with van der Waals surface area (Å²) in [5.74, 6) is 5.67. The van der Waals surface area contributed by atoms with Crippen molar-refractivity contribution >= 4 is 22.9 Å². The molecular formula is C14H17ClN2S. The Balaban J connectivity index is 2.22. The first kappa shape index (κ1) is 13.6. The summed E-state index contributed by atoms with van der Waals surface area (Å²) in [5, 5.41) is 2.90. The first-order chi connectivity index (χ1) is 8.61. The monoisotopic (exact) mass is 280 g/mol. The number of hydrazine groups is 1. The molecule has 4 heteroatoms. The highest BCUT2D eigenvalue weighted by molar-refractivity contribution is 7.10. The fourth-order valence-electron chi connectivity index (χ4n) is 1.99. The van der Waals surface area contributed by atoms with Gasteiger partial charge >= 0.3 is 0 Å². The van der Waals surface area contributed by atoms with Gasteiger partial charge in [-0.15, -0.1) is 11.3 Å². The molecule has 0 saturated carbocycles. The molecule has 2 nitrogen and oxygen atoms in total. The predicted octanol–water partition coefficient (Wildman–Crippen LogP) is 3.77. The molecule has 0 saturated heterocycles. The molecule has 0 spiro atoms. The quantitative estimate of drug-likeness (QED) is 0.661. The zero-order chi connectivity index (χ0) is 13.1. The van der Waals surface area contributed by atoms with Crippen molar-refractivity contribution in [3.8, 4) is 0 Å². The van der Waals surface area contributed by atoms with Crippen molar-refractivity contribution in [1.82, 2.24) is 5.43 Å². The van der Waals surface area contributed by atoms with Gasteiger partial charge in [-0.3, -0.25) is 11.3 Å². The molecule has 18 heavy (non-hydrogen) atoms. The Bertz CT molecular complexity index is 536. The third kappa shape index (κ3) is 2.93. The maximum Gasteiger partial charge on any atom is 0.0608 e. The third-order valence-electron chi connectivity index (χ3n) is 2.97. The lowest BCUT2D eigenvalue weighted by molar-refractivity contribution is 0.560. The SMILES string of the molecule is Cc1cccc(CC(NN)c2scc(C)c2Cl)c1. The molecule has 1 aromatic carbocycles. The summed E-state index contributed by atoms with van der Waals surface area (Å²) in [6.07, 6.45) is 0.845. The molecule has 0 radical (unpaired) electrons. The highest BCUT2D eigenvalue weighted by atomic mass is 35.5. The normalized spacial score (nSPS) is 12.7. The van der Waals surface area contributed by atoms with Crippen LogP contribution >= 0.6 is 22.9 Å². The lowest BCUT2D eigenvalue weighted by Gasteiger charge is -2.15. The van der Waals surface area contributed by atoms with Gasteiger partial charge in [-0.05, 0) is 36.8 Å². The molecule has 0 amide bonds. The van der Waals surface area contributed by atoms with E-state index in [0.29, 0.717) is 0 Å². The van der Waals surface area contributed by atoms with E-state index < -0.39 is 0 Å². The number of halogens is 1. The van der Waals surface area contributed by atoms with E-state index in [0.717, 1.165) is 21.9 Å². The Kier molecular flexibility index (Phi) is 4.40. The smallest absolute Gasteiger partial charge is 0.0608 e. The maximum atomic E-state index is 6.29. The summed E-state index contributed by atoms with van der Waals surface area (Å²) < 4.78 is 0. The van der Waals surface area contributed by atoms with Gasteiger partial charge < -0.3 is 0 Å². The standard InChI is InChI=1S/C14H17ClN2S/c1-9-4-3-5-11(6-9)7-12(17-16)14-13(15)10(2)8-18-14/h3-6,8,12,17H,7,16H2,1-2H3. The predicted molar refractivity (Wildman–Crippen MR) is 79.0 cm³/mol. The largest absolute Gasteiger partial charge is 0.271 e. The average Bonchev–Trinajstić information content (AvgIpc) is 2.67. The first-order valence-corrected chi connectivity index (χ1v) is 7.12. The average molecular weight is 281 g/mol. The van der Waals surface area contributed by atoms with Gasteiger partial charge in [0.05, 0.1) is 11.1 Å². The Morgan fingerprint density at radius 2 is 2.17 bits per heavy atom. The van der Waals surface area contributed by atoms with Crippen LogP contribution < -0.4 is 11.3 Å². The van der Waals surface area contributed by atoms with Gasteiger partial charge in [-0.25, -0.2) is 0 Å². The molecule has 0 bridgehead atoms. The Morgan fingerprint density at radius 3 is 2.72 bits per heavy atom. The van der Waals surface area contributed by atoms with Crippen molar-refractivity contribution in [2.45, 2.75) is 26.3 Å². The molecule has 96 valence electrons. The van der Waals surface area contributed by atoms with Gasteiger partial charge in [0, 0.05) is 4.88 Å². The van der Waals surface area contributed by atoms with Gasteiger partial charge in [0.2, 0.25) is 0 Å². The molecule has 1 aromatic heterocycles. The van der Waals surface area contributed by atoms with Crippen molar-refractivity contribution in [1.29, 1.82) is 0 Å². The minimum Gasteiger partial charge on any atom is -0.271 e. The molecule has 1 atom stereocenters. The molecule has 3 N–H and O–H groups in total. The van der Waals surface area contributed by atoms with Crippen molar-refractivity contribution in [2.24, 2.45) is 5.84 Å². The maximum absolute atomic E-state index is 6.29. The van der Waals surface area contributed by atoms with Crippen LogP contribution in [-0.2, 0) is 6.42 Å². The zero-order valence-corrected chi connectivity index (χ0v) is 12.1. The van der Waals surface area contributed by atoms with Gasteiger partial charge in [-0.2, -0.15) is 0 Å². The second-order valence-electron chi connectivity index (χ2n) is 4.51. The number of nitrogens with one attached hydrogen (secondary N) is 1. The molecular weight excluding hydrogens is 264 g/mol. The summed E-state index contributed by atoms with van der Waals surface area (Å²) >= 11 is 7.95. The van der Waals surface area contributed by atoms with Crippen LogP contribution in [0.4, 0.5) is 0 Å². The second-order valence-corrected chi connectivity index (χ2v) is 5.80. The minimum absolute atomic E-state index is 0.0676. The summed E-state index contributed by atoms with van der Waals surface area (Å²) in [7, 11) is 0. The Morgan fingerprint density at radius 1 is 1.39 bits per heavy atom. The molecule has 1 unspecified atom stereocenters. The Hall–Kier alpha value is -0.870. The molecule has 0 aliphatic heterocycles. The zero-order valence-electron chi connectivity index (χ0n) is 10.5. The number of nitrogens with two attached hydrogens (primary N) is 1. The van der Waals surface area contributed by atoms with Crippen LogP contribution in [0.5, 0.6) is 0 Å². The van der Waals surface area contributed by atoms with Gasteiger partial charge in [0.1, 0.15) is 0 Å². The first-order valence-electron chi connectivity index (χ1n) is 5.87. The van der Waals surface area contributed by atoms with E-state index >= 15 is 0 Å². The van der Waals surface area contributed by atoms with Crippen LogP contribution in [0.25, 0.3) is 0 Å². The summed E-state index contributed by atoms with van der Waals surface area (Å²) in [4.78, 5) is 1.11. The van der Waals surface area contributed by atoms with E-state index in [1.54, 1.807) is 11.3 Å². The molecule has 2 aromatic rings. The highest BCUT2D eigenvalue weighted by Crippen LogP contribution is 2.33. The topological polar surface area (TPSA) is 38.0 Å². The molecule has 0 fully saturated rings. The van der Waals surface area contributed by atoms with Crippen LogP contribution in [0.15, 0.2) is 29.6 Å². The van der Waals surface area contributed by atoms with Crippen LogP contribution in [0.1, 0.15) is 27.6 Å². The number of thiophene rings is 1. The van der Waals surface area contributed by atoms with E-state index in [1.807, 2.05) is 6.92 Å². The molecule has 1 heterocycles. The van der Waals surface area contributed by atoms with Gasteiger partial charge in [0.15, 0.2) is 0 Å². The minimum atomic E-state index is 0.0676. The summed E-state index contributed by atoms with van der Waals surface area (Å²) in [6.45, 7) is 4.11. The van der Waals surface area contributed by atoms with Crippen LogP contribution in [-0.4, -0.2) is 0 Å². The number of hydrogen-bond donors (Lipinski definition) is 2. The van der Waals surface area contributed by atoms with Crippen LogP contribution in [0.3, 0.4) is 0 Å². The number of rotatable bonds is 4. The van der Waals surface area contributed by atoms with E-state index in [9.17, 15) is 0 Å². The number of hydrogen-bond acceptors (Lipinski definition) is 3. The van der Waals surface area contributed by atoms with E-state index in [4.69, 9.17) is 17.4 Å². The molecule has 2 rings (SSSR count). The van der Waals surface area contributed by atoms with E-state index in [1.165, 1.54) is 11.1 Å². The fraction of sp³-hybridized carbons (Fsp3) is 0.286. The summed E-state index contributed by atoms with van der Waals surface area (Å²) in [6, 6.07) is 8.53. The number of aryl methyl sites for hydroxylation is 2. The van der Waals surface area contributed by atoms with E-state index in [-0.39, 0.29) is 6.04 Å². The van der Waals surface area contributed by atoms with Crippen LogP contribution in [0, 0.1) is 13.8 Å². The van der Waals surface area contributed by atoms with Gasteiger partial charge in [0.25, 0.3) is 0 Å². The third-order valence-corrected chi connectivity index (χ3v) is 4.79. The fourth-order valence-corrected chi connectivity index (χ4v) is 3.37. The van der Waals surface area contributed by atoms with Crippen molar-refractivity contribution in [3.05, 3.63) is 56.2 Å². The van der Waals surface area contributed by atoms with Crippen molar-refractivity contribution in [2.75, 3.05) is 0 Å². The van der Waals surface area contributed by atoms with Crippen molar-refractivity contribution in [3.63, 3.8) is 0 Å². The van der Waals surface area contributed by atoms with Crippen molar-refractivity contribution < 1.29 is 0 Å². The van der Waals surface area contributed by atoms with Gasteiger partial charge in [-0.1, -0.05) is 41.4 Å². The molecule has 0 aliphatic rings. The summed E-state index contributed by atoms with van der Waals surface area (Å²) in [5.41, 5.74) is 6.50. The Labute approximate surface area is 117 Å². The van der Waals surface area contributed by atoms with Crippen LogP contribution in [0.2, 0.25) is 5.02 Å².